The molecule has 2 aromatic rings. The Kier molecular flexibility index (Phi) is 3.80. The summed E-state index contributed by atoms with van der Waals surface area (Å²) in [5.41, 5.74) is 1.05. The number of halogens is 1. The minimum absolute atomic E-state index is 0.516. The second kappa shape index (κ2) is 5.32. The molecular weight excluding hydrogens is 240 g/mol. The van der Waals surface area contributed by atoms with Gasteiger partial charge in [0.25, 0.3) is 0 Å². The summed E-state index contributed by atoms with van der Waals surface area (Å²) in [7, 11) is 2.04. The van der Waals surface area contributed by atoms with Crippen molar-refractivity contribution in [3.05, 3.63) is 46.3 Å². The Morgan fingerprint density at radius 2 is 2.25 bits per heavy atom. The van der Waals surface area contributed by atoms with E-state index in [-0.39, 0.29) is 0 Å². The van der Waals surface area contributed by atoms with Gasteiger partial charge in [0.05, 0.1) is 6.54 Å². The molecule has 0 atom stereocenters. The number of anilines is 1. The Balaban J connectivity index is 2.05. The van der Waals surface area contributed by atoms with E-state index in [9.17, 15) is 0 Å². The van der Waals surface area contributed by atoms with E-state index in [0.717, 1.165) is 17.9 Å². The summed E-state index contributed by atoms with van der Waals surface area (Å²) in [5, 5.41) is 2.09. The number of nitrogens with zero attached hydrogens (tertiary/aromatic N) is 2. The molecule has 0 amide bonds. The second-order valence-corrected chi connectivity index (χ2v) is 4.89. The van der Waals surface area contributed by atoms with Gasteiger partial charge in [-0.3, -0.25) is 0 Å². The maximum atomic E-state index is 5.72. The van der Waals surface area contributed by atoms with Crippen molar-refractivity contribution < 1.29 is 0 Å². The minimum atomic E-state index is 0.516. The van der Waals surface area contributed by atoms with Gasteiger partial charge in [-0.1, -0.05) is 12.1 Å². The predicted octanol–water partition coefficient (Wildman–Crippen LogP) is 3.52. The van der Waals surface area contributed by atoms with Crippen molar-refractivity contribution in [2.24, 2.45) is 0 Å². The first-order chi connectivity index (χ1) is 7.79. The van der Waals surface area contributed by atoms with E-state index in [1.54, 1.807) is 11.3 Å². The van der Waals surface area contributed by atoms with Gasteiger partial charge in [0.1, 0.15) is 5.82 Å². The third-order valence-electron chi connectivity index (χ3n) is 2.33. The van der Waals surface area contributed by atoms with Gasteiger partial charge in [0.15, 0.2) is 0 Å². The fourth-order valence-corrected chi connectivity index (χ4v) is 2.35. The van der Waals surface area contributed by atoms with E-state index in [0.29, 0.717) is 5.88 Å². The van der Waals surface area contributed by atoms with Gasteiger partial charge >= 0.3 is 0 Å². The van der Waals surface area contributed by atoms with Crippen molar-refractivity contribution in [2.75, 3.05) is 11.9 Å². The molecule has 0 aliphatic rings. The van der Waals surface area contributed by atoms with E-state index in [4.69, 9.17) is 11.6 Å². The topological polar surface area (TPSA) is 16.1 Å². The van der Waals surface area contributed by atoms with Crippen LogP contribution in [0.2, 0.25) is 0 Å². The van der Waals surface area contributed by atoms with Crippen molar-refractivity contribution in [3.63, 3.8) is 0 Å². The van der Waals surface area contributed by atoms with Crippen molar-refractivity contribution in [2.45, 2.75) is 12.4 Å². The van der Waals surface area contributed by atoms with Crippen LogP contribution in [0.1, 0.15) is 10.4 Å². The third kappa shape index (κ3) is 2.74. The molecule has 0 aliphatic heterocycles. The fourth-order valence-electron chi connectivity index (χ4n) is 1.44. The maximum Gasteiger partial charge on any atom is 0.128 e. The number of pyridine rings is 1. The Hall–Kier alpha value is -1.06. The van der Waals surface area contributed by atoms with Gasteiger partial charge < -0.3 is 4.90 Å². The molecule has 2 rings (SSSR count). The summed E-state index contributed by atoms with van der Waals surface area (Å²) in [6.45, 7) is 0.894. The van der Waals surface area contributed by atoms with Gasteiger partial charge in [-0.15, -0.1) is 22.9 Å². The third-order valence-corrected chi connectivity index (χ3v) is 3.50. The molecule has 4 heteroatoms. The van der Waals surface area contributed by atoms with Crippen LogP contribution in [0.4, 0.5) is 5.82 Å². The van der Waals surface area contributed by atoms with Crippen LogP contribution in [0, 0.1) is 0 Å². The highest BCUT2D eigenvalue weighted by Crippen LogP contribution is 2.16. The van der Waals surface area contributed by atoms with E-state index in [2.05, 4.69) is 27.4 Å². The first-order valence-corrected chi connectivity index (χ1v) is 6.45. The van der Waals surface area contributed by atoms with Gasteiger partial charge in [-0.05, 0) is 23.1 Å². The average Bonchev–Trinajstić information content (AvgIpc) is 2.82. The van der Waals surface area contributed by atoms with Crippen LogP contribution in [0.15, 0.2) is 35.8 Å². The molecule has 0 aliphatic carbocycles. The zero-order chi connectivity index (χ0) is 11.4. The molecule has 0 saturated carbocycles. The molecule has 0 saturated heterocycles. The molecule has 0 radical (unpaired) electrons. The van der Waals surface area contributed by atoms with Crippen LogP contribution in [-0.4, -0.2) is 12.0 Å². The summed E-state index contributed by atoms with van der Waals surface area (Å²) in [4.78, 5) is 7.84. The summed E-state index contributed by atoms with van der Waals surface area (Å²) >= 11 is 7.49. The molecule has 0 spiro atoms. The van der Waals surface area contributed by atoms with Crippen LogP contribution in [0.3, 0.4) is 0 Å². The fraction of sp³-hybridized carbons (Fsp3) is 0.250. The Bertz CT molecular complexity index is 425. The number of rotatable bonds is 4. The van der Waals surface area contributed by atoms with Crippen molar-refractivity contribution >= 4 is 28.8 Å². The normalized spacial score (nSPS) is 10.4. The maximum absolute atomic E-state index is 5.72. The molecule has 84 valence electrons. The minimum Gasteiger partial charge on any atom is -0.355 e. The summed E-state index contributed by atoms with van der Waals surface area (Å²) < 4.78 is 0. The van der Waals surface area contributed by atoms with Gasteiger partial charge in [0, 0.05) is 24.0 Å². The van der Waals surface area contributed by atoms with E-state index >= 15 is 0 Å². The number of alkyl halides is 1. The summed E-state index contributed by atoms with van der Waals surface area (Å²) in [6.07, 6.45) is 1.83. The second-order valence-electron chi connectivity index (χ2n) is 3.59. The Morgan fingerprint density at radius 1 is 1.38 bits per heavy atom. The highest BCUT2D eigenvalue weighted by Gasteiger charge is 2.03. The number of aromatic nitrogens is 1. The highest BCUT2D eigenvalue weighted by molar-refractivity contribution is 7.09. The lowest BCUT2D eigenvalue weighted by molar-refractivity contribution is 0.910. The molecule has 0 aromatic carbocycles. The smallest absolute Gasteiger partial charge is 0.128 e. The average molecular weight is 253 g/mol. The zero-order valence-corrected chi connectivity index (χ0v) is 10.6. The monoisotopic (exact) mass is 252 g/mol. The molecule has 0 N–H and O–H groups in total. The molecule has 2 aromatic heterocycles. The van der Waals surface area contributed by atoms with Crippen LogP contribution < -0.4 is 4.90 Å². The molecule has 16 heavy (non-hydrogen) atoms. The quantitative estimate of drug-likeness (QED) is 0.774. The van der Waals surface area contributed by atoms with Crippen LogP contribution >= 0.6 is 22.9 Å². The van der Waals surface area contributed by atoms with Gasteiger partial charge in [0.2, 0.25) is 0 Å². The largest absolute Gasteiger partial charge is 0.355 e. The van der Waals surface area contributed by atoms with Crippen LogP contribution in [0.5, 0.6) is 0 Å². The van der Waals surface area contributed by atoms with Crippen molar-refractivity contribution in [1.29, 1.82) is 0 Å². The summed E-state index contributed by atoms with van der Waals surface area (Å²) in [5.74, 6) is 1.49. The predicted molar refractivity (Wildman–Crippen MR) is 70.2 cm³/mol. The molecule has 0 bridgehead atoms. The van der Waals surface area contributed by atoms with E-state index in [1.807, 2.05) is 25.4 Å². The number of hydrogen-bond acceptors (Lipinski definition) is 3. The standard InChI is InChI=1S/C12H13ClN2S/c1-15(9-11-3-2-6-16-11)12-5-4-10(7-13)8-14-12/h2-6,8H,7,9H2,1H3. The highest BCUT2D eigenvalue weighted by atomic mass is 35.5. The molecular formula is C12H13ClN2S. The lowest BCUT2D eigenvalue weighted by Gasteiger charge is -2.17. The van der Waals surface area contributed by atoms with Crippen molar-refractivity contribution in [1.82, 2.24) is 4.98 Å². The van der Waals surface area contributed by atoms with Gasteiger partial charge in [-0.25, -0.2) is 4.98 Å². The number of thiophene rings is 1. The molecule has 0 unspecified atom stereocenters. The zero-order valence-electron chi connectivity index (χ0n) is 9.06. The lowest BCUT2D eigenvalue weighted by Crippen LogP contribution is -2.16. The van der Waals surface area contributed by atoms with Crippen molar-refractivity contribution in [3.8, 4) is 0 Å². The lowest BCUT2D eigenvalue weighted by atomic mass is 10.3. The number of hydrogen-bond donors (Lipinski definition) is 0. The molecule has 0 fully saturated rings. The van der Waals surface area contributed by atoms with Crippen LogP contribution in [-0.2, 0) is 12.4 Å². The summed E-state index contributed by atoms with van der Waals surface area (Å²) in [6, 6.07) is 8.22. The van der Waals surface area contributed by atoms with Crippen LogP contribution in [0.25, 0.3) is 0 Å². The van der Waals surface area contributed by atoms with E-state index in [1.165, 1.54) is 4.88 Å². The van der Waals surface area contributed by atoms with Gasteiger partial charge in [-0.2, -0.15) is 0 Å². The van der Waals surface area contributed by atoms with E-state index < -0.39 is 0 Å². The molecule has 2 nitrogen and oxygen atoms in total. The SMILES string of the molecule is CN(Cc1cccs1)c1ccc(CCl)cn1. The Labute approximate surface area is 105 Å². The molecule has 2 heterocycles. The first-order valence-electron chi connectivity index (χ1n) is 5.04. The Morgan fingerprint density at radius 3 is 2.81 bits per heavy atom. The first kappa shape index (κ1) is 11.4.